The second-order valence-corrected chi connectivity index (χ2v) is 18.0. The lowest BCUT2D eigenvalue weighted by Gasteiger charge is -2.59. The van der Waals surface area contributed by atoms with Gasteiger partial charge in [-0.3, -0.25) is 14.9 Å². The smallest absolute Gasteiger partial charge is 0.411 e. The molecule has 1 saturated heterocycles. The molecule has 0 bridgehead atoms. The van der Waals surface area contributed by atoms with E-state index in [0.717, 1.165) is 39.8 Å². The Morgan fingerprint density at radius 1 is 0.933 bits per heavy atom. The number of carbonyl (C=O) groups excluding carboxylic acids is 3. The van der Waals surface area contributed by atoms with E-state index in [0.29, 0.717) is 30.5 Å². The molecule has 308 valence electrons. The van der Waals surface area contributed by atoms with Gasteiger partial charge in [-0.05, 0) is 108 Å². The van der Waals surface area contributed by atoms with E-state index in [1.807, 2.05) is 49.4 Å². The number of ketones is 2. The molecule has 0 aromatic heterocycles. The van der Waals surface area contributed by atoms with Gasteiger partial charge in [-0.2, -0.15) is 0 Å². The summed E-state index contributed by atoms with van der Waals surface area (Å²) in [5.41, 5.74) is 5.03. The number of aliphatic hydroxyl groups is 2. The first-order valence-corrected chi connectivity index (χ1v) is 21.0. The van der Waals surface area contributed by atoms with E-state index >= 15 is 4.39 Å². The van der Waals surface area contributed by atoms with E-state index in [-0.39, 0.29) is 48.0 Å². The Bertz CT molecular complexity index is 2430. The van der Waals surface area contributed by atoms with Crippen LogP contribution in [-0.2, 0) is 30.2 Å². The SMILES string of the molecule is C[C@]12C=CC(=O)C=C1CC[C@@H]1[C@@H]2[C@@H](O)C[C@@]2(C)[C@H]1C[C@H]1O[C@@H](c3ccc(Cc4ccc(NC(=O)OCC5c6ccccc6-c6ccccc65)cc4)cc3F)O[C@]12C(=O)CO. The molecule has 5 aliphatic carbocycles. The quantitative estimate of drug-likeness (QED) is 0.162. The van der Waals surface area contributed by atoms with E-state index in [4.69, 9.17) is 14.2 Å². The van der Waals surface area contributed by atoms with Crippen LogP contribution in [0, 0.1) is 34.4 Å². The van der Waals surface area contributed by atoms with E-state index in [9.17, 15) is 24.6 Å². The third-order valence-electron chi connectivity index (χ3n) is 15.1. The number of hydrogen-bond donors (Lipinski definition) is 3. The highest BCUT2D eigenvalue weighted by Gasteiger charge is 2.76. The zero-order chi connectivity index (χ0) is 41.6. The van der Waals surface area contributed by atoms with Crippen LogP contribution in [0.15, 0.2) is 115 Å². The first kappa shape index (κ1) is 38.9. The third kappa shape index (κ3) is 5.90. The molecule has 60 heavy (non-hydrogen) atoms. The van der Waals surface area contributed by atoms with Crippen molar-refractivity contribution < 1.29 is 43.2 Å². The van der Waals surface area contributed by atoms with Crippen LogP contribution < -0.4 is 5.32 Å². The Balaban J connectivity index is 0.802. The molecule has 0 radical (unpaired) electrons. The Morgan fingerprint density at radius 2 is 1.63 bits per heavy atom. The summed E-state index contributed by atoms with van der Waals surface area (Å²) in [4.78, 5) is 39.0. The molecule has 9 atom stereocenters. The Labute approximate surface area is 348 Å². The van der Waals surface area contributed by atoms with Gasteiger partial charge in [-0.25, -0.2) is 9.18 Å². The van der Waals surface area contributed by atoms with Gasteiger partial charge in [0.15, 0.2) is 23.5 Å². The molecule has 0 unspecified atom stereocenters. The van der Waals surface area contributed by atoms with Gasteiger partial charge in [0, 0.05) is 33.9 Å². The number of allylic oxidation sites excluding steroid dienone is 4. The molecule has 1 aliphatic heterocycles. The third-order valence-corrected chi connectivity index (χ3v) is 15.1. The van der Waals surface area contributed by atoms with Gasteiger partial charge in [0.1, 0.15) is 19.0 Å². The molecule has 9 nitrogen and oxygen atoms in total. The molecule has 3 saturated carbocycles. The van der Waals surface area contributed by atoms with Crippen molar-refractivity contribution in [2.45, 2.75) is 76.0 Å². The maximum Gasteiger partial charge on any atom is 0.411 e. The summed E-state index contributed by atoms with van der Waals surface area (Å²) < 4.78 is 34.9. The van der Waals surface area contributed by atoms with E-state index < -0.39 is 59.2 Å². The van der Waals surface area contributed by atoms with Gasteiger partial charge in [0.05, 0.1) is 12.2 Å². The van der Waals surface area contributed by atoms with Crippen LogP contribution in [0.1, 0.15) is 79.6 Å². The van der Waals surface area contributed by atoms with E-state index in [2.05, 4.69) is 36.5 Å². The number of amides is 1. The predicted molar refractivity (Wildman–Crippen MR) is 221 cm³/mol. The fraction of sp³-hybridized carbons (Fsp3) is 0.380. The van der Waals surface area contributed by atoms with Crippen LogP contribution >= 0.6 is 0 Å². The number of hydrogen-bond acceptors (Lipinski definition) is 8. The average molecular weight is 810 g/mol. The summed E-state index contributed by atoms with van der Waals surface area (Å²) >= 11 is 0. The van der Waals surface area contributed by atoms with Crippen molar-refractivity contribution in [3.63, 3.8) is 0 Å². The molecule has 4 aromatic rings. The van der Waals surface area contributed by atoms with Crippen molar-refractivity contribution in [2.75, 3.05) is 18.5 Å². The van der Waals surface area contributed by atoms with E-state index in [1.165, 1.54) is 6.07 Å². The van der Waals surface area contributed by atoms with Crippen LogP contribution in [0.5, 0.6) is 0 Å². The molecule has 6 aliphatic rings. The number of Topliss-reactive ketones (excluding diaryl/α,β-unsaturated/α-hetero) is 1. The molecule has 0 spiro atoms. The summed E-state index contributed by atoms with van der Waals surface area (Å²) in [7, 11) is 0. The topological polar surface area (TPSA) is 131 Å². The zero-order valence-electron chi connectivity index (χ0n) is 33.6. The van der Waals surface area contributed by atoms with Crippen molar-refractivity contribution in [2.24, 2.45) is 28.6 Å². The summed E-state index contributed by atoms with van der Waals surface area (Å²) in [6, 6.07) is 28.5. The summed E-state index contributed by atoms with van der Waals surface area (Å²) in [5.74, 6) is -1.35. The number of carbonyl (C=O) groups is 3. The minimum Gasteiger partial charge on any atom is -0.448 e. The molecule has 1 heterocycles. The fourth-order valence-electron chi connectivity index (χ4n) is 12.4. The van der Waals surface area contributed by atoms with E-state index in [1.54, 1.807) is 36.4 Å². The van der Waals surface area contributed by atoms with Gasteiger partial charge in [0.2, 0.25) is 0 Å². The summed E-state index contributed by atoms with van der Waals surface area (Å²) in [6.07, 6.45) is 4.55. The first-order chi connectivity index (χ1) is 28.9. The van der Waals surface area contributed by atoms with Gasteiger partial charge in [-0.15, -0.1) is 0 Å². The molecule has 1 amide bonds. The molecule has 4 fully saturated rings. The van der Waals surface area contributed by atoms with Crippen molar-refractivity contribution in [3.05, 3.63) is 148 Å². The Hall–Kier alpha value is -5.26. The molecule has 4 aromatic carbocycles. The molecular formula is C50H48FNO8. The number of rotatable bonds is 8. The molecule has 10 heteroatoms. The number of nitrogens with one attached hydrogen (secondary N) is 1. The predicted octanol–water partition coefficient (Wildman–Crippen LogP) is 8.38. The highest BCUT2D eigenvalue weighted by molar-refractivity contribution is 6.01. The number of anilines is 1. The Morgan fingerprint density at radius 3 is 2.33 bits per heavy atom. The van der Waals surface area contributed by atoms with Crippen LogP contribution in [0.2, 0.25) is 0 Å². The maximum atomic E-state index is 16.1. The minimum atomic E-state index is -1.57. The van der Waals surface area contributed by atoms with Crippen molar-refractivity contribution >= 4 is 23.3 Å². The van der Waals surface area contributed by atoms with Gasteiger partial charge < -0.3 is 24.4 Å². The largest absolute Gasteiger partial charge is 0.448 e. The van der Waals surface area contributed by atoms with Crippen molar-refractivity contribution in [1.82, 2.24) is 0 Å². The molecule has 3 N–H and O–H groups in total. The fourth-order valence-corrected chi connectivity index (χ4v) is 12.4. The number of ether oxygens (including phenoxy) is 3. The number of halogens is 1. The maximum absolute atomic E-state index is 16.1. The highest BCUT2D eigenvalue weighted by atomic mass is 19.1. The lowest BCUT2D eigenvalue weighted by Crippen LogP contribution is -2.63. The Kier molecular flexibility index (Phi) is 9.37. The second-order valence-electron chi connectivity index (χ2n) is 18.0. The number of aliphatic hydroxyl groups excluding tert-OH is 2. The number of benzene rings is 4. The van der Waals surface area contributed by atoms with Crippen LogP contribution in [0.4, 0.5) is 14.9 Å². The minimum absolute atomic E-state index is 0.0205. The zero-order valence-corrected chi connectivity index (χ0v) is 33.6. The lowest BCUT2D eigenvalue weighted by atomic mass is 9.46. The summed E-state index contributed by atoms with van der Waals surface area (Å²) in [6.45, 7) is 3.49. The second kappa shape index (κ2) is 14.4. The highest BCUT2D eigenvalue weighted by Crippen LogP contribution is 2.70. The summed E-state index contributed by atoms with van der Waals surface area (Å²) in [5, 5.41) is 25.1. The van der Waals surface area contributed by atoms with Gasteiger partial charge in [0.25, 0.3) is 0 Å². The van der Waals surface area contributed by atoms with Crippen molar-refractivity contribution in [1.29, 1.82) is 0 Å². The van der Waals surface area contributed by atoms with Crippen LogP contribution in [0.3, 0.4) is 0 Å². The number of fused-ring (bicyclic) bond motifs is 10. The normalized spacial score (nSPS) is 32.2. The lowest BCUT2D eigenvalue weighted by molar-refractivity contribution is -0.201. The first-order valence-electron chi connectivity index (χ1n) is 21.0. The van der Waals surface area contributed by atoms with Crippen molar-refractivity contribution in [3.8, 4) is 11.1 Å². The van der Waals surface area contributed by atoms with Gasteiger partial charge >= 0.3 is 6.09 Å². The standard InChI is InChI=1S/C50H48FNO8/c1-48-20-19-32(54)23-30(48)14-18-37-40-24-44-50(43(56)26-53,49(40,2)25-42(55)45(37)48)60-46(59-44)38-17-13-29(22-41(38)51)21-28-11-15-31(16-12-28)52-47(57)58-27-39-35-9-5-3-7-33(35)34-8-4-6-10-36(34)39/h3-13,15-17,19-20,22-23,37,39-40,42,44-46,53,55H,14,18,21,24-27H2,1-2H3,(H,52,57)/t37-,40-,42-,44+,45+,46+,48-,49-,50+/m0/s1. The average Bonchev–Trinajstić information content (AvgIpc) is 3.86. The molecule has 10 rings (SSSR count). The monoisotopic (exact) mass is 809 g/mol. The van der Waals surface area contributed by atoms with Gasteiger partial charge in [-0.1, -0.05) is 98.3 Å². The van der Waals surface area contributed by atoms with Crippen LogP contribution in [-0.4, -0.2) is 58.9 Å². The van der Waals surface area contributed by atoms with Crippen LogP contribution in [0.25, 0.3) is 11.1 Å². The molecular weight excluding hydrogens is 762 g/mol.